The van der Waals surface area contributed by atoms with Crippen molar-refractivity contribution < 1.29 is 13.9 Å². The summed E-state index contributed by atoms with van der Waals surface area (Å²) in [6, 6.07) is 21.6. The molecule has 0 saturated heterocycles. The van der Waals surface area contributed by atoms with E-state index in [4.69, 9.17) is 21.7 Å². The molecule has 8 heteroatoms. The second kappa shape index (κ2) is 9.36. The van der Waals surface area contributed by atoms with Crippen LogP contribution >= 0.6 is 12.2 Å². The maximum Gasteiger partial charge on any atom is 0.216 e. The van der Waals surface area contributed by atoms with Gasteiger partial charge in [0.25, 0.3) is 0 Å². The number of nitrogens with zero attached hydrogens (tertiary/aromatic N) is 3. The predicted octanol–water partition coefficient (Wildman–Crippen LogP) is 5.22. The molecule has 3 aromatic carbocycles. The van der Waals surface area contributed by atoms with E-state index in [2.05, 4.69) is 15.3 Å². The van der Waals surface area contributed by atoms with Gasteiger partial charge in [0, 0.05) is 0 Å². The molecule has 0 atom stereocenters. The number of ether oxygens (including phenoxy) is 2. The molecule has 0 aliphatic heterocycles. The van der Waals surface area contributed by atoms with Crippen LogP contribution in [0.25, 0.3) is 11.4 Å². The van der Waals surface area contributed by atoms with Gasteiger partial charge >= 0.3 is 0 Å². The first-order chi connectivity index (χ1) is 15.2. The highest BCUT2D eigenvalue weighted by molar-refractivity contribution is 7.71. The van der Waals surface area contributed by atoms with E-state index in [1.54, 1.807) is 37.6 Å². The molecule has 1 aromatic heterocycles. The fourth-order valence-corrected chi connectivity index (χ4v) is 3.14. The van der Waals surface area contributed by atoms with Crippen molar-refractivity contribution in [3.63, 3.8) is 0 Å². The number of aromatic amines is 1. The van der Waals surface area contributed by atoms with Crippen molar-refractivity contribution >= 4 is 18.4 Å². The van der Waals surface area contributed by atoms with Gasteiger partial charge in [0.2, 0.25) is 4.77 Å². The second-order valence-corrected chi connectivity index (χ2v) is 6.96. The molecule has 156 valence electrons. The van der Waals surface area contributed by atoms with Crippen molar-refractivity contribution in [3.05, 3.63) is 94.5 Å². The van der Waals surface area contributed by atoms with Crippen LogP contribution in [0.3, 0.4) is 0 Å². The lowest BCUT2D eigenvalue weighted by molar-refractivity contribution is 0.284. The molecule has 0 bridgehead atoms. The van der Waals surface area contributed by atoms with Crippen LogP contribution in [0.5, 0.6) is 11.5 Å². The molecule has 0 spiro atoms. The molecule has 6 nitrogen and oxygen atoms in total. The van der Waals surface area contributed by atoms with Gasteiger partial charge in [-0.1, -0.05) is 42.5 Å². The van der Waals surface area contributed by atoms with E-state index >= 15 is 0 Å². The van der Waals surface area contributed by atoms with Crippen molar-refractivity contribution in [2.45, 2.75) is 6.61 Å². The molecule has 0 aliphatic carbocycles. The Bertz CT molecular complexity index is 1270. The zero-order chi connectivity index (χ0) is 21.6. The van der Waals surface area contributed by atoms with Crippen LogP contribution in [0, 0.1) is 10.6 Å². The maximum atomic E-state index is 14.2. The van der Waals surface area contributed by atoms with Gasteiger partial charge in [-0.3, -0.25) is 0 Å². The van der Waals surface area contributed by atoms with E-state index in [0.717, 1.165) is 11.1 Å². The zero-order valence-corrected chi connectivity index (χ0v) is 17.5. The van der Waals surface area contributed by atoms with Crippen LogP contribution in [0.4, 0.5) is 4.39 Å². The maximum absolute atomic E-state index is 14.2. The number of aromatic nitrogens is 3. The van der Waals surface area contributed by atoms with Crippen molar-refractivity contribution in [3.8, 4) is 22.9 Å². The number of benzene rings is 3. The van der Waals surface area contributed by atoms with Crippen molar-refractivity contribution in [2.24, 2.45) is 5.10 Å². The summed E-state index contributed by atoms with van der Waals surface area (Å²) >= 11 is 5.26. The lowest BCUT2D eigenvalue weighted by Gasteiger charge is -2.11. The van der Waals surface area contributed by atoms with Gasteiger partial charge in [-0.25, -0.2) is 9.49 Å². The molecule has 0 radical (unpaired) electrons. The molecular formula is C23H19FN4O2S. The Hall–Kier alpha value is -3.78. The van der Waals surface area contributed by atoms with Crippen LogP contribution in [0.15, 0.2) is 77.9 Å². The molecule has 1 N–H and O–H groups in total. The van der Waals surface area contributed by atoms with Gasteiger partial charge in [-0.05, 0) is 53.7 Å². The highest BCUT2D eigenvalue weighted by Gasteiger charge is 2.12. The number of rotatable bonds is 7. The molecular weight excluding hydrogens is 415 g/mol. The first kappa shape index (κ1) is 20.5. The summed E-state index contributed by atoms with van der Waals surface area (Å²) in [5, 5.41) is 11.2. The second-order valence-electron chi connectivity index (χ2n) is 6.57. The van der Waals surface area contributed by atoms with E-state index in [9.17, 15) is 4.39 Å². The smallest absolute Gasteiger partial charge is 0.216 e. The fourth-order valence-electron chi connectivity index (χ4n) is 2.96. The standard InChI is InChI=1S/C23H19FN4O2S/c1-29-20-12-11-17(13-21(20)30-15-16-7-3-2-4-8-16)14-25-28-22(26-27-23(28)31)18-9-5-6-10-19(18)24/h2-14H,15H2,1H3,(H,27,31). The van der Waals surface area contributed by atoms with Crippen LogP contribution in [0.1, 0.15) is 11.1 Å². The van der Waals surface area contributed by atoms with Crippen LogP contribution in [-0.4, -0.2) is 28.2 Å². The molecule has 31 heavy (non-hydrogen) atoms. The molecule has 0 unspecified atom stereocenters. The van der Waals surface area contributed by atoms with E-state index in [1.807, 2.05) is 42.5 Å². The summed E-state index contributed by atoms with van der Waals surface area (Å²) in [5.41, 5.74) is 2.10. The third-order valence-corrected chi connectivity index (χ3v) is 4.78. The normalized spacial score (nSPS) is 11.0. The molecule has 0 amide bonds. The quantitative estimate of drug-likeness (QED) is 0.320. The molecule has 0 fully saturated rings. The zero-order valence-electron chi connectivity index (χ0n) is 16.7. The molecule has 4 aromatic rings. The predicted molar refractivity (Wildman–Crippen MR) is 120 cm³/mol. The average Bonchev–Trinajstić information content (AvgIpc) is 3.17. The topological polar surface area (TPSA) is 64.4 Å². The molecule has 0 saturated carbocycles. The van der Waals surface area contributed by atoms with Gasteiger partial charge in [-0.15, -0.1) is 0 Å². The summed E-state index contributed by atoms with van der Waals surface area (Å²) < 4.78 is 27.2. The number of H-pyrrole nitrogens is 1. The van der Waals surface area contributed by atoms with Crippen molar-refractivity contribution in [1.29, 1.82) is 0 Å². The highest BCUT2D eigenvalue weighted by atomic mass is 32.1. The Morgan fingerprint density at radius 1 is 1.06 bits per heavy atom. The number of methoxy groups -OCH3 is 1. The highest BCUT2D eigenvalue weighted by Crippen LogP contribution is 2.28. The minimum atomic E-state index is -0.408. The Balaban J connectivity index is 1.61. The molecule has 0 aliphatic rings. The van der Waals surface area contributed by atoms with E-state index in [0.29, 0.717) is 23.7 Å². The minimum Gasteiger partial charge on any atom is -0.493 e. The lowest BCUT2D eigenvalue weighted by atomic mass is 10.2. The third-order valence-electron chi connectivity index (χ3n) is 4.51. The van der Waals surface area contributed by atoms with Crippen LogP contribution < -0.4 is 9.47 Å². The number of hydrogen-bond acceptors (Lipinski definition) is 5. The lowest BCUT2D eigenvalue weighted by Crippen LogP contribution is -1.99. The summed E-state index contributed by atoms with van der Waals surface area (Å²) in [6.07, 6.45) is 1.60. The van der Waals surface area contributed by atoms with Crippen LogP contribution in [-0.2, 0) is 6.61 Å². The summed E-state index contributed by atoms with van der Waals surface area (Å²) in [4.78, 5) is 0. The molecule has 4 rings (SSSR count). The largest absolute Gasteiger partial charge is 0.493 e. The Morgan fingerprint density at radius 3 is 2.61 bits per heavy atom. The Kier molecular flexibility index (Phi) is 6.18. The third kappa shape index (κ3) is 4.70. The minimum absolute atomic E-state index is 0.253. The van der Waals surface area contributed by atoms with E-state index in [1.165, 1.54) is 10.7 Å². The Labute approximate surface area is 183 Å². The SMILES string of the molecule is COc1ccc(C=Nn2c(-c3ccccc3F)n[nH]c2=S)cc1OCc1ccccc1. The van der Waals surface area contributed by atoms with Gasteiger partial charge in [0.15, 0.2) is 17.3 Å². The first-order valence-electron chi connectivity index (χ1n) is 9.47. The summed E-state index contributed by atoms with van der Waals surface area (Å²) in [7, 11) is 1.59. The summed E-state index contributed by atoms with van der Waals surface area (Å²) in [5.74, 6) is 1.07. The van der Waals surface area contributed by atoms with Gasteiger partial charge in [0.05, 0.1) is 18.9 Å². The number of halogens is 1. The van der Waals surface area contributed by atoms with E-state index in [-0.39, 0.29) is 10.6 Å². The summed E-state index contributed by atoms with van der Waals surface area (Å²) in [6.45, 7) is 0.405. The van der Waals surface area contributed by atoms with Gasteiger partial charge < -0.3 is 9.47 Å². The number of hydrogen-bond donors (Lipinski definition) is 1. The van der Waals surface area contributed by atoms with E-state index < -0.39 is 5.82 Å². The first-order valence-corrected chi connectivity index (χ1v) is 9.88. The van der Waals surface area contributed by atoms with Gasteiger partial charge in [-0.2, -0.15) is 14.9 Å². The monoisotopic (exact) mass is 434 g/mol. The van der Waals surface area contributed by atoms with Crippen molar-refractivity contribution in [2.75, 3.05) is 7.11 Å². The Morgan fingerprint density at radius 2 is 1.84 bits per heavy atom. The van der Waals surface area contributed by atoms with Crippen molar-refractivity contribution in [1.82, 2.24) is 14.9 Å². The average molecular weight is 434 g/mol. The molecule has 1 heterocycles. The fraction of sp³-hybridized carbons (Fsp3) is 0.0870. The number of nitrogens with one attached hydrogen (secondary N) is 1. The van der Waals surface area contributed by atoms with Gasteiger partial charge in [0.1, 0.15) is 12.4 Å². The van der Waals surface area contributed by atoms with Crippen LogP contribution in [0.2, 0.25) is 0 Å².